The molecule has 0 fully saturated rings. The van der Waals surface area contributed by atoms with Gasteiger partial charge in [0.2, 0.25) is 0 Å². The van der Waals surface area contributed by atoms with Crippen molar-refractivity contribution in [3.8, 4) is 0 Å². The largest absolute Gasteiger partial charge is 0.361 e. The Kier molecular flexibility index (Phi) is 4.98. The molecule has 1 amide bonds. The van der Waals surface area contributed by atoms with Crippen LogP contribution in [0, 0.1) is 6.92 Å². The Morgan fingerprint density at radius 3 is 2.89 bits per heavy atom. The Hall–Kier alpha value is -3.34. The second-order valence-corrected chi connectivity index (χ2v) is 7.29. The fraction of sp³-hybridized carbons (Fsp3) is 0.217. The maximum absolute atomic E-state index is 12.7. The van der Waals surface area contributed by atoms with Crippen molar-refractivity contribution in [3.63, 3.8) is 0 Å². The molecule has 5 nitrogen and oxygen atoms in total. The van der Waals surface area contributed by atoms with Crippen molar-refractivity contribution in [2.75, 3.05) is 0 Å². The Balaban J connectivity index is 1.43. The van der Waals surface area contributed by atoms with Crippen molar-refractivity contribution in [2.24, 2.45) is 0 Å². The van der Waals surface area contributed by atoms with Gasteiger partial charge >= 0.3 is 0 Å². The van der Waals surface area contributed by atoms with Gasteiger partial charge in [-0.05, 0) is 55.2 Å². The van der Waals surface area contributed by atoms with Gasteiger partial charge in [0.15, 0.2) is 0 Å². The average Bonchev–Trinajstić information content (AvgIpc) is 3.33. The zero-order valence-corrected chi connectivity index (χ0v) is 16.1. The SMILES string of the molecule is Cc1cccc2c(CC(C)NC(=O)c3cccc(Cn4cccn4)c3)c[nH]c12. The zero-order chi connectivity index (χ0) is 19.5. The summed E-state index contributed by atoms with van der Waals surface area (Å²) in [5.74, 6) is -0.0502. The first-order valence-corrected chi connectivity index (χ1v) is 9.53. The third-order valence-electron chi connectivity index (χ3n) is 5.01. The highest BCUT2D eigenvalue weighted by Crippen LogP contribution is 2.22. The Morgan fingerprint density at radius 2 is 2.07 bits per heavy atom. The number of nitrogens with one attached hydrogen (secondary N) is 2. The maximum Gasteiger partial charge on any atom is 0.251 e. The number of nitrogens with zero attached hydrogens (tertiary/aromatic N) is 2. The predicted octanol–water partition coefficient (Wildman–Crippen LogP) is 4.08. The van der Waals surface area contributed by atoms with E-state index in [2.05, 4.69) is 40.5 Å². The van der Waals surface area contributed by atoms with E-state index < -0.39 is 0 Å². The van der Waals surface area contributed by atoms with E-state index in [0.717, 1.165) is 12.0 Å². The zero-order valence-electron chi connectivity index (χ0n) is 16.1. The van der Waals surface area contributed by atoms with Gasteiger partial charge in [-0.3, -0.25) is 9.48 Å². The standard InChI is InChI=1S/C23H24N4O/c1-16-6-3-9-21-20(14-24-22(16)21)12-17(2)26-23(28)19-8-4-7-18(13-19)15-27-11-5-10-25-27/h3-11,13-14,17,24H,12,15H2,1-2H3,(H,26,28). The summed E-state index contributed by atoms with van der Waals surface area (Å²) in [4.78, 5) is 16.1. The molecule has 4 rings (SSSR count). The highest BCUT2D eigenvalue weighted by molar-refractivity contribution is 5.94. The lowest BCUT2D eigenvalue weighted by Gasteiger charge is -2.14. The van der Waals surface area contributed by atoms with Crippen LogP contribution in [0.25, 0.3) is 10.9 Å². The molecule has 2 aromatic carbocycles. The van der Waals surface area contributed by atoms with Crippen molar-refractivity contribution in [3.05, 3.63) is 89.4 Å². The molecule has 1 atom stereocenters. The van der Waals surface area contributed by atoms with Crippen molar-refractivity contribution >= 4 is 16.8 Å². The van der Waals surface area contributed by atoms with E-state index in [1.807, 2.05) is 54.3 Å². The van der Waals surface area contributed by atoms with Crippen molar-refractivity contribution in [1.82, 2.24) is 20.1 Å². The van der Waals surface area contributed by atoms with Gasteiger partial charge in [-0.25, -0.2) is 0 Å². The molecule has 0 bridgehead atoms. The van der Waals surface area contributed by atoms with Crippen LogP contribution in [0.5, 0.6) is 0 Å². The van der Waals surface area contributed by atoms with Crippen molar-refractivity contribution < 1.29 is 4.79 Å². The molecule has 2 N–H and O–H groups in total. The third-order valence-corrected chi connectivity index (χ3v) is 5.01. The normalized spacial score (nSPS) is 12.2. The number of aryl methyl sites for hydroxylation is 1. The molecule has 2 aromatic heterocycles. The number of hydrogen-bond acceptors (Lipinski definition) is 2. The quantitative estimate of drug-likeness (QED) is 0.536. The number of benzene rings is 2. The van der Waals surface area contributed by atoms with Crippen LogP contribution in [0.4, 0.5) is 0 Å². The number of aromatic amines is 1. The first-order chi connectivity index (χ1) is 13.6. The van der Waals surface area contributed by atoms with Crippen molar-refractivity contribution in [1.29, 1.82) is 0 Å². The lowest BCUT2D eigenvalue weighted by Crippen LogP contribution is -2.34. The second-order valence-electron chi connectivity index (χ2n) is 7.29. The summed E-state index contributed by atoms with van der Waals surface area (Å²) in [6.45, 7) is 4.79. The van der Waals surface area contributed by atoms with Crippen LogP contribution in [0.15, 0.2) is 67.1 Å². The molecule has 142 valence electrons. The molecule has 2 heterocycles. The summed E-state index contributed by atoms with van der Waals surface area (Å²) in [6.07, 6.45) is 6.50. The lowest BCUT2D eigenvalue weighted by molar-refractivity contribution is 0.0940. The van der Waals surface area contributed by atoms with Gasteiger partial charge in [-0.1, -0.05) is 30.3 Å². The van der Waals surface area contributed by atoms with E-state index >= 15 is 0 Å². The summed E-state index contributed by atoms with van der Waals surface area (Å²) in [5, 5.41) is 8.57. The monoisotopic (exact) mass is 372 g/mol. The highest BCUT2D eigenvalue weighted by atomic mass is 16.1. The summed E-state index contributed by atoms with van der Waals surface area (Å²) >= 11 is 0. The average molecular weight is 372 g/mol. The van der Waals surface area contributed by atoms with Crippen LogP contribution in [-0.4, -0.2) is 26.7 Å². The van der Waals surface area contributed by atoms with E-state index in [0.29, 0.717) is 12.1 Å². The van der Waals surface area contributed by atoms with Gasteiger partial charge in [-0.15, -0.1) is 0 Å². The van der Waals surface area contributed by atoms with Gasteiger partial charge in [0, 0.05) is 41.1 Å². The van der Waals surface area contributed by atoms with E-state index in [1.165, 1.54) is 22.0 Å². The molecule has 1 unspecified atom stereocenters. The number of carbonyl (C=O) groups excluding carboxylic acids is 1. The number of H-pyrrole nitrogens is 1. The van der Waals surface area contributed by atoms with Crippen LogP contribution < -0.4 is 5.32 Å². The first-order valence-electron chi connectivity index (χ1n) is 9.53. The van der Waals surface area contributed by atoms with Gasteiger partial charge in [0.1, 0.15) is 0 Å². The van der Waals surface area contributed by atoms with Gasteiger partial charge in [0.25, 0.3) is 5.91 Å². The summed E-state index contributed by atoms with van der Waals surface area (Å²) < 4.78 is 1.85. The summed E-state index contributed by atoms with van der Waals surface area (Å²) in [6, 6.07) is 15.9. The third kappa shape index (κ3) is 3.83. The number of fused-ring (bicyclic) bond motifs is 1. The molecule has 0 spiro atoms. The molecule has 28 heavy (non-hydrogen) atoms. The van der Waals surface area contributed by atoms with Gasteiger partial charge in [-0.2, -0.15) is 5.10 Å². The first kappa shape index (κ1) is 18.0. The summed E-state index contributed by atoms with van der Waals surface area (Å²) in [7, 11) is 0. The predicted molar refractivity (Wildman–Crippen MR) is 111 cm³/mol. The van der Waals surface area contributed by atoms with Crippen LogP contribution in [0.2, 0.25) is 0 Å². The minimum Gasteiger partial charge on any atom is -0.361 e. The Bertz CT molecular complexity index is 1090. The Labute approximate surface area is 164 Å². The molecule has 0 aliphatic rings. The van der Waals surface area contributed by atoms with Crippen LogP contribution in [0.3, 0.4) is 0 Å². The van der Waals surface area contributed by atoms with E-state index in [-0.39, 0.29) is 11.9 Å². The molecule has 0 aliphatic heterocycles. The molecule has 0 saturated heterocycles. The molecule has 4 aromatic rings. The Morgan fingerprint density at radius 1 is 1.21 bits per heavy atom. The van der Waals surface area contributed by atoms with E-state index in [1.54, 1.807) is 6.20 Å². The molecular formula is C23H24N4O. The van der Waals surface area contributed by atoms with Crippen LogP contribution in [-0.2, 0) is 13.0 Å². The number of aromatic nitrogens is 3. The number of hydrogen-bond donors (Lipinski definition) is 2. The summed E-state index contributed by atoms with van der Waals surface area (Å²) in [5.41, 5.74) is 5.35. The van der Waals surface area contributed by atoms with E-state index in [9.17, 15) is 4.79 Å². The molecular weight excluding hydrogens is 348 g/mol. The number of amides is 1. The van der Waals surface area contributed by atoms with Gasteiger partial charge < -0.3 is 10.3 Å². The number of rotatable bonds is 6. The molecule has 5 heteroatoms. The maximum atomic E-state index is 12.7. The minimum atomic E-state index is -0.0502. The minimum absolute atomic E-state index is 0.0294. The lowest BCUT2D eigenvalue weighted by atomic mass is 10.0. The fourth-order valence-electron chi connectivity index (χ4n) is 3.61. The molecule has 0 aliphatic carbocycles. The fourth-order valence-corrected chi connectivity index (χ4v) is 3.61. The van der Waals surface area contributed by atoms with Crippen molar-refractivity contribution in [2.45, 2.75) is 32.9 Å². The van der Waals surface area contributed by atoms with Gasteiger partial charge in [0.05, 0.1) is 6.54 Å². The number of carbonyl (C=O) groups is 1. The van der Waals surface area contributed by atoms with E-state index in [4.69, 9.17) is 0 Å². The van der Waals surface area contributed by atoms with Crippen LogP contribution >= 0.6 is 0 Å². The smallest absolute Gasteiger partial charge is 0.251 e. The number of para-hydroxylation sites is 1. The highest BCUT2D eigenvalue weighted by Gasteiger charge is 2.13. The molecule has 0 saturated carbocycles. The molecule has 0 radical (unpaired) electrons. The topological polar surface area (TPSA) is 62.7 Å². The second kappa shape index (κ2) is 7.72. The van der Waals surface area contributed by atoms with Crippen LogP contribution in [0.1, 0.15) is 34.0 Å².